The molecule has 1 rings (SSSR count). The fourth-order valence-corrected chi connectivity index (χ4v) is 1.71. The van der Waals surface area contributed by atoms with Crippen molar-refractivity contribution in [3.8, 4) is 0 Å². The van der Waals surface area contributed by atoms with Crippen LogP contribution in [0.2, 0.25) is 0 Å². The number of Topliss-reactive ketones (excluding diaryl/α,β-unsaturated/α-hetero) is 1. The van der Waals surface area contributed by atoms with Crippen molar-refractivity contribution in [1.29, 1.82) is 0 Å². The zero-order valence-corrected chi connectivity index (χ0v) is 11.1. The van der Waals surface area contributed by atoms with Gasteiger partial charge in [-0.3, -0.25) is 9.59 Å². The van der Waals surface area contributed by atoms with Crippen molar-refractivity contribution in [2.45, 2.75) is 20.8 Å². The number of amides is 1. The van der Waals surface area contributed by atoms with Gasteiger partial charge in [0.2, 0.25) is 0 Å². The van der Waals surface area contributed by atoms with E-state index >= 15 is 0 Å². The van der Waals surface area contributed by atoms with Gasteiger partial charge in [-0.05, 0) is 32.4 Å². The van der Waals surface area contributed by atoms with E-state index in [1.54, 1.807) is 11.0 Å². The average molecular weight is 245 g/mol. The van der Waals surface area contributed by atoms with Crippen LogP contribution in [0.25, 0.3) is 6.08 Å². The minimum absolute atomic E-state index is 0.198. The van der Waals surface area contributed by atoms with Gasteiger partial charge in [0.25, 0.3) is 5.91 Å². The number of nitrogens with zero attached hydrogens (tertiary/aromatic N) is 1. The fraction of sp³-hybridized carbons (Fsp3) is 0.333. The van der Waals surface area contributed by atoms with Gasteiger partial charge < -0.3 is 4.90 Å². The van der Waals surface area contributed by atoms with Gasteiger partial charge in [-0.1, -0.05) is 30.3 Å². The third kappa shape index (κ3) is 3.55. The molecule has 0 saturated carbocycles. The van der Waals surface area contributed by atoms with E-state index in [9.17, 15) is 9.59 Å². The van der Waals surface area contributed by atoms with E-state index in [0.29, 0.717) is 13.1 Å². The molecule has 0 aromatic heterocycles. The second kappa shape index (κ2) is 6.74. The van der Waals surface area contributed by atoms with Crippen molar-refractivity contribution in [3.05, 3.63) is 41.5 Å². The van der Waals surface area contributed by atoms with Crippen LogP contribution in [-0.4, -0.2) is 29.7 Å². The quantitative estimate of drug-likeness (QED) is 0.454. The summed E-state index contributed by atoms with van der Waals surface area (Å²) in [6, 6.07) is 9.41. The lowest BCUT2D eigenvalue weighted by molar-refractivity contribution is -0.128. The van der Waals surface area contributed by atoms with Crippen LogP contribution in [0.1, 0.15) is 26.3 Å². The first-order valence-electron chi connectivity index (χ1n) is 6.17. The normalized spacial score (nSPS) is 11.2. The summed E-state index contributed by atoms with van der Waals surface area (Å²) < 4.78 is 0. The Labute approximate surface area is 108 Å². The Morgan fingerprint density at radius 2 is 1.67 bits per heavy atom. The Morgan fingerprint density at radius 3 is 2.11 bits per heavy atom. The van der Waals surface area contributed by atoms with Gasteiger partial charge in [0.1, 0.15) is 0 Å². The maximum atomic E-state index is 12.2. The molecule has 0 fully saturated rings. The van der Waals surface area contributed by atoms with E-state index in [-0.39, 0.29) is 17.3 Å². The van der Waals surface area contributed by atoms with Crippen molar-refractivity contribution in [2.75, 3.05) is 13.1 Å². The number of rotatable bonds is 5. The van der Waals surface area contributed by atoms with Gasteiger partial charge >= 0.3 is 0 Å². The largest absolute Gasteiger partial charge is 0.339 e. The zero-order chi connectivity index (χ0) is 13.5. The summed E-state index contributed by atoms with van der Waals surface area (Å²) in [5, 5.41) is 0. The minimum Gasteiger partial charge on any atom is -0.339 e. The molecule has 0 N–H and O–H groups in total. The highest BCUT2D eigenvalue weighted by Gasteiger charge is 2.18. The van der Waals surface area contributed by atoms with Gasteiger partial charge in [-0.15, -0.1) is 0 Å². The lowest BCUT2D eigenvalue weighted by Crippen LogP contribution is -2.33. The molecule has 1 amide bonds. The van der Waals surface area contributed by atoms with E-state index in [4.69, 9.17) is 0 Å². The van der Waals surface area contributed by atoms with E-state index in [1.807, 2.05) is 44.2 Å². The monoisotopic (exact) mass is 245 g/mol. The van der Waals surface area contributed by atoms with Crippen LogP contribution >= 0.6 is 0 Å². The summed E-state index contributed by atoms with van der Waals surface area (Å²) in [6.07, 6.45) is 1.66. The van der Waals surface area contributed by atoms with Gasteiger partial charge in [0.15, 0.2) is 5.78 Å². The van der Waals surface area contributed by atoms with Crippen LogP contribution in [0.5, 0.6) is 0 Å². The lowest BCUT2D eigenvalue weighted by atomic mass is 10.1. The molecule has 96 valence electrons. The first-order valence-corrected chi connectivity index (χ1v) is 6.17. The molecule has 1 aromatic carbocycles. The zero-order valence-electron chi connectivity index (χ0n) is 11.1. The average Bonchev–Trinajstić information content (AvgIpc) is 2.38. The minimum atomic E-state index is -0.198. The van der Waals surface area contributed by atoms with Crippen molar-refractivity contribution < 1.29 is 9.59 Å². The number of ketones is 1. The molecule has 0 heterocycles. The van der Waals surface area contributed by atoms with E-state index in [1.165, 1.54) is 6.92 Å². The summed E-state index contributed by atoms with van der Waals surface area (Å²) in [5.41, 5.74) is 1.10. The smallest absolute Gasteiger partial charge is 0.257 e. The summed E-state index contributed by atoms with van der Waals surface area (Å²) in [5.74, 6) is -0.396. The molecule has 0 unspecified atom stereocenters. The second-order valence-corrected chi connectivity index (χ2v) is 4.00. The lowest BCUT2D eigenvalue weighted by Gasteiger charge is -2.19. The number of hydrogen-bond acceptors (Lipinski definition) is 2. The molecular weight excluding hydrogens is 226 g/mol. The summed E-state index contributed by atoms with van der Waals surface area (Å²) in [7, 11) is 0. The van der Waals surface area contributed by atoms with Gasteiger partial charge in [0, 0.05) is 13.1 Å². The Hall–Kier alpha value is -1.90. The van der Waals surface area contributed by atoms with Gasteiger partial charge in [0.05, 0.1) is 5.57 Å². The van der Waals surface area contributed by atoms with Gasteiger partial charge in [-0.2, -0.15) is 0 Å². The number of carbonyl (C=O) groups is 2. The Morgan fingerprint density at radius 1 is 1.11 bits per heavy atom. The maximum absolute atomic E-state index is 12.2. The molecule has 0 saturated heterocycles. The molecule has 0 atom stereocenters. The van der Waals surface area contributed by atoms with Gasteiger partial charge in [-0.25, -0.2) is 0 Å². The number of carbonyl (C=O) groups excluding carboxylic acids is 2. The number of benzene rings is 1. The van der Waals surface area contributed by atoms with Crippen LogP contribution in [0.4, 0.5) is 0 Å². The molecule has 3 heteroatoms. The Bertz CT molecular complexity index is 445. The number of hydrogen-bond donors (Lipinski definition) is 0. The summed E-state index contributed by atoms with van der Waals surface area (Å²) >= 11 is 0. The fourth-order valence-electron chi connectivity index (χ4n) is 1.71. The van der Waals surface area contributed by atoms with Crippen molar-refractivity contribution >= 4 is 17.8 Å². The highest BCUT2D eigenvalue weighted by Crippen LogP contribution is 2.10. The van der Waals surface area contributed by atoms with Crippen LogP contribution < -0.4 is 0 Å². The molecule has 0 spiro atoms. The van der Waals surface area contributed by atoms with Crippen LogP contribution in [0.15, 0.2) is 35.9 Å². The predicted molar refractivity (Wildman–Crippen MR) is 73.0 cm³/mol. The first-order chi connectivity index (χ1) is 8.60. The van der Waals surface area contributed by atoms with Crippen molar-refractivity contribution in [1.82, 2.24) is 4.90 Å². The van der Waals surface area contributed by atoms with E-state index < -0.39 is 0 Å². The van der Waals surface area contributed by atoms with Crippen LogP contribution in [-0.2, 0) is 9.59 Å². The summed E-state index contributed by atoms with van der Waals surface area (Å²) in [6.45, 7) is 6.45. The molecule has 0 aliphatic rings. The first kappa shape index (κ1) is 14.2. The molecule has 0 aliphatic carbocycles. The molecule has 1 aromatic rings. The van der Waals surface area contributed by atoms with E-state index in [0.717, 1.165) is 5.56 Å². The molecule has 18 heavy (non-hydrogen) atoms. The number of likely N-dealkylation sites (N-methyl/N-ethyl adjacent to an activating group) is 1. The third-order valence-electron chi connectivity index (χ3n) is 2.77. The highest BCUT2D eigenvalue weighted by atomic mass is 16.2. The summed E-state index contributed by atoms with van der Waals surface area (Å²) in [4.78, 5) is 25.4. The van der Waals surface area contributed by atoms with Crippen molar-refractivity contribution in [3.63, 3.8) is 0 Å². The maximum Gasteiger partial charge on any atom is 0.257 e. The molecular formula is C15H19NO2. The molecule has 0 aliphatic heterocycles. The Kier molecular flexibility index (Phi) is 5.31. The second-order valence-electron chi connectivity index (χ2n) is 4.00. The topological polar surface area (TPSA) is 37.4 Å². The van der Waals surface area contributed by atoms with Crippen LogP contribution in [0.3, 0.4) is 0 Å². The van der Waals surface area contributed by atoms with E-state index in [2.05, 4.69) is 0 Å². The van der Waals surface area contributed by atoms with Crippen LogP contribution in [0, 0.1) is 0 Å². The molecule has 0 bridgehead atoms. The third-order valence-corrected chi connectivity index (χ3v) is 2.77. The predicted octanol–water partition coefficient (Wildman–Crippen LogP) is 2.53. The Balaban J connectivity index is 3.07. The molecule has 0 radical (unpaired) electrons. The highest BCUT2D eigenvalue weighted by molar-refractivity contribution is 6.21. The standard InChI is InChI=1S/C15H19NO2/c1-4-16(5-2)15(18)14(12(3)17)11-13-9-7-6-8-10-13/h6-11H,4-5H2,1-3H3. The SMILES string of the molecule is CCN(CC)C(=O)C(=Cc1ccccc1)C(C)=O. The molecule has 3 nitrogen and oxygen atoms in total. The van der Waals surface area contributed by atoms with Crippen molar-refractivity contribution in [2.24, 2.45) is 0 Å².